The summed E-state index contributed by atoms with van der Waals surface area (Å²) >= 11 is 6.39. The van der Waals surface area contributed by atoms with Crippen LogP contribution in [0.25, 0.3) is 0 Å². The summed E-state index contributed by atoms with van der Waals surface area (Å²) in [6.07, 6.45) is 7.80. The van der Waals surface area contributed by atoms with E-state index < -0.39 is 27.0 Å². The third kappa shape index (κ3) is 6.76. The Labute approximate surface area is 287 Å². The molecular weight excluding hydrogens is 652 g/mol. The molecule has 1 spiro atoms. The van der Waals surface area contributed by atoms with Crippen LogP contribution in [0.2, 0.25) is 5.02 Å². The maximum Gasteiger partial charge on any atom is 0.335 e. The Morgan fingerprint density at radius 3 is 2.58 bits per heavy atom. The molecule has 256 valence electrons. The molecule has 2 heterocycles. The molecule has 2 aliphatic carbocycles. The predicted molar refractivity (Wildman–Crippen MR) is 183 cm³/mol. The quantitative estimate of drug-likeness (QED) is 0.267. The van der Waals surface area contributed by atoms with E-state index in [4.69, 9.17) is 16.3 Å². The van der Waals surface area contributed by atoms with Gasteiger partial charge in [0.25, 0.3) is 0 Å². The van der Waals surface area contributed by atoms with Gasteiger partial charge in [-0.05, 0) is 104 Å². The number of carbonyl (C=O) groups excluding carboxylic acids is 1. The number of amides is 1. The first-order valence-electron chi connectivity index (χ1n) is 16.7. The van der Waals surface area contributed by atoms with Gasteiger partial charge in [0.1, 0.15) is 5.75 Å². The number of fused-ring (bicyclic) bond motifs is 3. The number of halogens is 1. The first kappa shape index (κ1) is 34.2. The van der Waals surface area contributed by atoms with Gasteiger partial charge in [0, 0.05) is 55.9 Å². The lowest BCUT2D eigenvalue weighted by atomic mass is 9.69. The number of aromatic nitrogens is 2. The molecule has 1 saturated carbocycles. The highest BCUT2D eigenvalue weighted by Crippen LogP contribution is 2.46. The van der Waals surface area contributed by atoms with E-state index in [1.165, 1.54) is 23.5 Å². The highest BCUT2D eigenvalue weighted by atomic mass is 35.5. The summed E-state index contributed by atoms with van der Waals surface area (Å²) in [5.41, 5.74) is 3.21. The summed E-state index contributed by atoms with van der Waals surface area (Å²) in [7, 11) is -1.98. The number of carboxylic acids is 1. The minimum absolute atomic E-state index is 0.0970. The van der Waals surface area contributed by atoms with E-state index in [2.05, 4.69) is 27.0 Å². The molecule has 48 heavy (non-hydrogen) atoms. The molecule has 1 aromatic heterocycles. The van der Waals surface area contributed by atoms with Crippen LogP contribution in [-0.4, -0.2) is 78.8 Å². The van der Waals surface area contributed by atoms with Crippen LogP contribution < -0.4 is 9.64 Å². The SMILES string of the molecule is CC(CC(=O)N(C)C[C@@H]1CC[C@H]1CN1CC2(CCCc3cc(Cl)ccc32)COc2ccc(C(=O)O)cc21)C(C)S(=O)(=O)c1ncccn1. The number of sulfone groups is 1. The first-order chi connectivity index (χ1) is 22.9. The van der Waals surface area contributed by atoms with Crippen LogP contribution in [0.1, 0.15) is 67.4 Å². The lowest BCUT2D eigenvalue weighted by molar-refractivity contribution is -0.132. The van der Waals surface area contributed by atoms with Gasteiger partial charge in [-0.2, -0.15) is 0 Å². The highest BCUT2D eigenvalue weighted by molar-refractivity contribution is 7.91. The maximum absolute atomic E-state index is 13.4. The van der Waals surface area contributed by atoms with Gasteiger partial charge in [0.15, 0.2) is 0 Å². The topological polar surface area (TPSA) is 130 Å². The van der Waals surface area contributed by atoms with Gasteiger partial charge in [-0.3, -0.25) is 4.79 Å². The van der Waals surface area contributed by atoms with Crippen molar-refractivity contribution < 1.29 is 27.9 Å². The number of rotatable bonds is 10. The number of carboxylic acid groups (broad SMARTS) is 1. The zero-order valence-electron chi connectivity index (χ0n) is 27.6. The number of hydrogen-bond acceptors (Lipinski definition) is 8. The number of hydrogen-bond donors (Lipinski definition) is 1. The molecule has 12 heteroatoms. The van der Waals surface area contributed by atoms with Gasteiger partial charge in [-0.15, -0.1) is 0 Å². The van der Waals surface area contributed by atoms with Crippen LogP contribution >= 0.6 is 11.6 Å². The Morgan fingerprint density at radius 2 is 1.88 bits per heavy atom. The standard InChI is InChI=1S/C36H43ClN4O6S/c1-23(24(2)48(45,46)35-38-14-5-15-39-35)16-33(42)40(3)19-27-7-8-28(27)20-41-21-36(13-4-6-25-17-29(37)10-11-30(25)36)22-47-32-12-9-26(34(43)44)18-31(32)41/h5,9-12,14-15,17-18,23-24,27-28H,4,6-8,13,16,19-22H2,1-3H3,(H,43,44)/t23?,24?,27-,28-,36?/m0/s1. The largest absolute Gasteiger partial charge is 0.490 e. The van der Waals surface area contributed by atoms with Gasteiger partial charge in [-0.1, -0.05) is 24.6 Å². The van der Waals surface area contributed by atoms with Crippen molar-refractivity contribution in [3.63, 3.8) is 0 Å². The van der Waals surface area contributed by atoms with E-state index in [0.29, 0.717) is 32.0 Å². The second-order valence-electron chi connectivity index (χ2n) is 13.9. The number of aryl methyl sites for hydroxylation is 1. The zero-order chi connectivity index (χ0) is 34.2. The Balaban J connectivity index is 1.17. The molecule has 5 atom stereocenters. The average Bonchev–Trinajstić information content (AvgIpc) is 3.22. The Morgan fingerprint density at radius 1 is 1.12 bits per heavy atom. The van der Waals surface area contributed by atoms with Gasteiger partial charge >= 0.3 is 5.97 Å². The zero-order valence-corrected chi connectivity index (χ0v) is 29.2. The van der Waals surface area contributed by atoms with E-state index in [1.807, 2.05) is 6.07 Å². The molecule has 2 aromatic carbocycles. The Hall–Kier alpha value is -3.70. The monoisotopic (exact) mass is 694 g/mol. The molecule has 1 aliphatic heterocycles. The van der Waals surface area contributed by atoms with Crippen molar-refractivity contribution in [3.05, 3.63) is 76.6 Å². The van der Waals surface area contributed by atoms with Crippen molar-refractivity contribution in [1.82, 2.24) is 14.9 Å². The molecule has 3 unspecified atom stereocenters. The molecule has 1 fully saturated rings. The van der Waals surface area contributed by atoms with E-state index >= 15 is 0 Å². The third-order valence-corrected chi connectivity index (χ3v) is 13.2. The highest BCUT2D eigenvalue weighted by Gasteiger charge is 2.44. The molecule has 0 bridgehead atoms. The lowest BCUT2D eigenvalue weighted by Crippen LogP contribution is -2.49. The molecule has 0 radical (unpaired) electrons. The number of carbonyl (C=O) groups is 2. The van der Waals surface area contributed by atoms with Crippen LogP contribution in [0.15, 0.2) is 60.0 Å². The number of nitrogens with zero attached hydrogens (tertiary/aromatic N) is 4. The fourth-order valence-electron chi connectivity index (χ4n) is 7.60. The molecule has 0 saturated heterocycles. The van der Waals surface area contributed by atoms with Crippen LogP contribution in [0.5, 0.6) is 5.75 Å². The lowest BCUT2D eigenvalue weighted by Gasteiger charge is -2.45. The van der Waals surface area contributed by atoms with Crippen molar-refractivity contribution in [3.8, 4) is 5.75 Å². The fourth-order valence-corrected chi connectivity index (χ4v) is 9.25. The van der Waals surface area contributed by atoms with Crippen LogP contribution in [0.3, 0.4) is 0 Å². The van der Waals surface area contributed by atoms with Crippen molar-refractivity contribution in [1.29, 1.82) is 0 Å². The summed E-state index contributed by atoms with van der Waals surface area (Å²) in [5.74, 6) is -0.273. The van der Waals surface area contributed by atoms with Gasteiger partial charge in [0.2, 0.25) is 20.9 Å². The van der Waals surface area contributed by atoms with Gasteiger partial charge in [-0.25, -0.2) is 23.2 Å². The number of aromatic carboxylic acids is 1. The second kappa shape index (κ2) is 13.7. The third-order valence-electron chi connectivity index (χ3n) is 10.8. The molecule has 3 aliphatic rings. The van der Waals surface area contributed by atoms with Crippen molar-refractivity contribution in [2.75, 3.05) is 38.2 Å². The molecule has 6 rings (SSSR count). The van der Waals surface area contributed by atoms with E-state index in [1.54, 1.807) is 50.1 Å². The van der Waals surface area contributed by atoms with Crippen molar-refractivity contribution in [2.45, 2.75) is 68.2 Å². The molecule has 3 aromatic rings. The van der Waals surface area contributed by atoms with E-state index in [-0.39, 0.29) is 40.3 Å². The minimum atomic E-state index is -3.77. The fraction of sp³-hybridized carbons (Fsp3) is 0.500. The van der Waals surface area contributed by atoms with Gasteiger partial charge in [0.05, 0.1) is 23.1 Å². The van der Waals surface area contributed by atoms with Crippen LogP contribution in [0.4, 0.5) is 5.69 Å². The van der Waals surface area contributed by atoms with Gasteiger partial charge < -0.3 is 19.6 Å². The van der Waals surface area contributed by atoms with Crippen molar-refractivity contribution in [2.24, 2.45) is 17.8 Å². The average molecular weight is 695 g/mol. The summed E-state index contributed by atoms with van der Waals surface area (Å²) < 4.78 is 32.6. The Kier molecular flexibility index (Phi) is 9.73. The normalized spacial score (nSPS) is 23.1. The second-order valence-corrected chi connectivity index (χ2v) is 16.6. The van der Waals surface area contributed by atoms with E-state index in [0.717, 1.165) is 42.8 Å². The predicted octanol–water partition coefficient (Wildman–Crippen LogP) is 5.67. The number of ether oxygens (including phenoxy) is 1. The van der Waals surface area contributed by atoms with Crippen molar-refractivity contribution >= 4 is 39.0 Å². The smallest absolute Gasteiger partial charge is 0.335 e. The molecule has 10 nitrogen and oxygen atoms in total. The maximum atomic E-state index is 13.4. The summed E-state index contributed by atoms with van der Waals surface area (Å²) in [4.78, 5) is 37.2. The number of benzene rings is 2. The molecular formula is C36H43ClN4O6S. The summed E-state index contributed by atoms with van der Waals surface area (Å²) in [6.45, 7) is 5.84. The summed E-state index contributed by atoms with van der Waals surface area (Å²) in [6, 6.07) is 12.8. The van der Waals surface area contributed by atoms with Crippen LogP contribution in [0, 0.1) is 17.8 Å². The minimum Gasteiger partial charge on any atom is -0.490 e. The molecule has 1 amide bonds. The van der Waals surface area contributed by atoms with E-state index in [9.17, 15) is 23.1 Å². The number of anilines is 1. The summed E-state index contributed by atoms with van der Waals surface area (Å²) in [5, 5.41) is 9.51. The first-order valence-corrected chi connectivity index (χ1v) is 18.6. The Bertz CT molecular complexity index is 1790. The molecule has 1 N–H and O–H groups in total. The van der Waals surface area contributed by atoms with Crippen LogP contribution in [-0.2, 0) is 26.5 Å².